The molecule has 0 heterocycles. The van der Waals surface area contributed by atoms with E-state index in [0.717, 1.165) is 23.6 Å². The van der Waals surface area contributed by atoms with Crippen LogP contribution in [0, 0.1) is 0 Å². The van der Waals surface area contributed by atoms with Crippen molar-refractivity contribution in [1.82, 2.24) is 0 Å². The molecular formula is C22H31NaO3S. The van der Waals surface area contributed by atoms with Gasteiger partial charge in [0.15, 0.2) is 0 Å². The van der Waals surface area contributed by atoms with Gasteiger partial charge in [0, 0.05) is 0 Å². The van der Waals surface area contributed by atoms with Gasteiger partial charge in [0.05, 0.1) is 4.90 Å². The molecule has 0 aliphatic rings. The van der Waals surface area contributed by atoms with Crippen LogP contribution >= 0.6 is 0 Å². The van der Waals surface area contributed by atoms with Crippen LogP contribution in [0.2, 0.25) is 0 Å². The molecule has 0 aliphatic heterocycles. The minimum atomic E-state index is -4.39. The molecule has 144 valence electrons. The summed E-state index contributed by atoms with van der Waals surface area (Å²) in [7, 11) is -4.39. The normalized spacial score (nSPS) is 11.5. The minimum absolute atomic E-state index is 0. The van der Waals surface area contributed by atoms with E-state index >= 15 is 0 Å². The largest absolute Gasteiger partial charge is 1.00 e. The maximum Gasteiger partial charge on any atom is 1.00 e. The summed E-state index contributed by atoms with van der Waals surface area (Å²) in [5, 5.41) is 1.88. The SMILES string of the molecule is CCCCCCCCCCCCc1cccc2cc(S(=O)(=O)[O-])ccc12.[Na+]. The van der Waals surface area contributed by atoms with E-state index in [-0.39, 0.29) is 34.5 Å². The smallest absolute Gasteiger partial charge is 0.744 e. The molecule has 0 atom stereocenters. The topological polar surface area (TPSA) is 57.2 Å². The van der Waals surface area contributed by atoms with Crippen LogP contribution in [0.5, 0.6) is 0 Å². The minimum Gasteiger partial charge on any atom is -0.744 e. The van der Waals surface area contributed by atoms with E-state index in [4.69, 9.17) is 0 Å². The van der Waals surface area contributed by atoms with E-state index < -0.39 is 10.1 Å². The average molecular weight is 399 g/mol. The zero-order chi connectivity index (χ0) is 18.8. The van der Waals surface area contributed by atoms with Crippen molar-refractivity contribution in [3.63, 3.8) is 0 Å². The van der Waals surface area contributed by atoms with Crippen LogP contribution < -0.4 is 29.6 Å². The molecule has 3 nitrogen and oxygen atoms in total. The quantitative estimate of drug-likeness (QED) is 0.313. The van der Waals surface area contributed by atoms with Gasteiger partial charge in [0.25, 0.3) is 0 Å². The first kappa shape index (κ1) is 24.6. The molecule has 5 heteroatoms. The Labute approximate surface area is 187 Å². The van der Waals surface area contributed by atoms with Crippen LogP contribution in [0.25, 0.3) is 10.8 Å². The predicted octanol–water partition coefficient (Wildman–Crippen LogP) is 3.21. The van der Waals surface area contributed by atoms with Gasteiger partial charge in [0.2, 0.25) is 0 Å². The summed E-state index contributed by atoms with van der Waals surface area (Å²) >= 11 is 0. The predicted molar refractivity (Wildman–Crippen MR) is 107 cm³/mol. The third-order valence-corrected chi connectivity index (χ3v) is 5.86. The standard InChI is InChI=1S/C22H32O3S.Na/c1-2-3-4-5-6-7-8-9-10-11-13-19-14-12-15-20-18-21(26(23,24)25)16-17-22(19)20;/h12,14-18H,2-11,13H2,1H3,(H,23,24,25);/q;+1/p-1. The number of aryl methyl sites for hydroxylation is 1. The van der Waals surface area contributed by atoms with Gasteiger partial charge in [-0.15, -0.1) is 0 Å². The molecule has 0 radical (unpaired) electrons. The fourth-order valence-corrected chi connectivity index (χ4v) is 4.01. The molecule has 0 unspecified atom stereocenters. The first-order valence-corrected chi connectivity index (χ1v) is 11.4. The molecule has 27 heavy (non-hydrogen) atoms. The van der Waals surface area contributed by atoms with Crippen LogP contribution in [0.15, 0.2) is 41.3 Å². The fourth-order valence-electron chi connectivity index (χ4n) is 3.51. The maximum absolute atomic E-state index is 11.2. The van der Waals surface area contributed by atoms with Gasteiger partial charge >= 0.3 is 29.6 Å². The number of benzene rings is 2. The number of hydrogen-bond donors (Lipinski definition) is 0. The van der Waals surface area contributed by atoms with Crippen molar-refractivity contribution >= 4 is 20.9 Å². The molecule has 2 rings (SSSR count). The van der Waals surface area contributed by atoms with Crippen LogP contribution in [-0.2, 0) is 16.5 Å². The van der Waals surface area contributed by atoms with Gasteiger partial charge in [-0.1, -0.05) is 89.0 Å². The van der Waals surface area contributed by atoms with Crippen molar-refractivity contribution in [2.75, 3.05) is 0 Å². The van der Waals surface area contributed by atoms with Crippen molar-refractivity contribution < 1.29 is 42.5 Å². The van der Waals surface area contributed by atoms with Gasteiger partial charge in [-0.05, 0) is 41.3 Å². The number of rotatable bonds is 12. The van der Waals surface area contributed by atoms with Gasteiger partial charge in [-0.25, -0.2) is 8.42 Å². The summed E-state index contributed by atoms with van der Waals surface area (Å²) in [6.45, 7) is 2.25. The van der Waals surface area contributed by atoms with Gasteiger partial charge < -0.3 is 4.55 Å². The first-order valence-electron chi connectivity index (χ1n) is 10.00. The van der Waals surface area contributed by atoms with Crippen molar-refractivity contribution in [2.24, 2.45) is 0 Å². The summed E-state index contributed by atoms with van der Waals surface area (Å²) in [5.74, 6) is 0. The molecule has 0 bridgehead atoms. The maximum atomic E-state index is 11.2. The Morgan fingerprint density at radius 3 is 2.00 bits per heavy atom. The zero-order valence-corrected chi connectivity index (χ0v) is 19.7. The Kier molecular flexibility index (Phi) is 11.8. The molecule has 0 N–H and O–H groups in total. The van der Waals surface area contributed by atoms with Crippen LogP contribution in [0.4, 0.5) is 0 Å². The van der Waals surface area contributed by atoms with Gasteiger partial charge in [-0.2, -0.15) is 0 Å². The Balaban J connectivity index is 0.00000364. The third kappa shape index (κ3) is 8.66. The summed E-state index contributed by atoms with van der Waals surface area (Å²) in [4.78, 5) is -0.152. The van der Waals surface area contributed by atoms with Crippen molar-refractivity contribution in [3.8, 4) is 0 Å². The van der Waals surface area contributed by atoms with E-state index in [1.54, 1.807) is 6.07 Å². The van der Waals surface area contributed by atoms with E-state index in [0.29, 0.717) is 0 Å². The number of unbranched alkanes of at least 4 members (excludes halogenated alkanes) is 9. The molecule has 2 aromatic rings. The van der Waals surface area contributed by atoms with Crippen molar-refractivity contribution in [3.05, 3.63) is 42.0 Å². The molecular weight excluding hydrogens is 367 g/mol. The molecule has 0 aliphatic carbocycles. The third-order valence-electron chi connectivity index (χ3n) is 5.03. The molecule has 0 saturated carbocycles. The zero-order valence-electron chi connectivity index (χ0n) is 16.9. The second kappa shape index (κ2) is 12.9. The van der Waals surface area contributed by atoms with Gasteiger partial charge in [-0.3, -0.25) is 0 Å². The Morgan fingerprint density at radius 1 is 0.815 bits per heavy atom. The van der Waals surface area contributed by atoms with Crippen LogP contribution in [-0.4, -0.2) is 13.0 Å². The average Bonchev–Trinajstić information content (AvgIpc) is 2.62. The second-order valence-corrected chi connectivity index (χ2v) is 8.57. The van der Waals surface area contributed by atoms with E-state index in [1.807, 2.05) is 12.1 Å². The molecule has 0 aromatic heterocycles. The first-order chi connectivity index (χ1) is 12.5. The Morgan fingerprint density at radius 2 is 1.41 bits per heavy atom. The van der Waals surface area contributed by atoms with Crippen molar-refractivity contribution in [1.29, 1.82) is 0 Å². The van der Waals surface area contributed by atoms with E-state index in [1.165, 1.54) is 75.5 Å². The molecule has 0 spiro atoms. The van der Waals surface area contributed by atoms with E-state index in [2.05, 4.69) is 13.0 Å². The van der Waals surface area contributed by atoms with Crippen LogP contribution in [0.1, 0.15) is 76.7 Å². The molecule has 0 fully saturated rings. The summed E-state index contributed by atoms with van der Waals surface area (Å²) < 4.78 is 33.5. The Hall–Kier alpha value is -0.390. The number of fused-ring (bicyclic) bond motifs is 1. The molecule has 0 saturated heterocycles. The molecule has 2 aromatic carbocycles. The van der Waals surface area contributed by atoms with Gasteiger partial charge in [0.1, 0.15) is 10.1 Å². The summed E-state index contributed by atoms with van der Waals surface area (Å²) in [6, 6.07) is 10.6. The van der Waals surface area contributed by atoms with Crippen LogP contribution in [0.3, 0.4) is 0 Å². The molecule has 0 amide bonds. The van der Waals surface area contributed by atoms with Crippen molar-refractivity contribution in [2.45, 2.75) is 82.4 Å². The Bertz CT molecular complexity index is 787. The summed E-state index contributed by atoms with van der Waals surface area (Å²) in [6.07, 6.45) is 14.2. The monoisotopic (exact) mass is 398 g/mol. The van der Waals surface area contributed by atoms with E-state index in [9.17, 15) is 13.0 Å². The summed E-state index contributed by atoms with van der Waals surface area (Å²) in [5.41, 5.74) is 1.23. The second-order valence-electron chi connectivity index (χ2n) is 7.19. The number of hydrogen-bond acceptors (Lipinski definition) is 3. The fraction of sp³-hybridized carbons (Fsp3) is 0.545.